The van der Waals surface area contributed by atoms with Crippen molar-refractivity contribution in [1.29, 1.82) is 0 Å². The van der Waals surface area contributed by atoms with Crippen molar-refractivity contribution >= 4 is 11.6 Å². The lowest BCUT2D eigenvalue weighted by molar-refractivity contribution is -0.116. The summed E-state index contributed by atoms with van der Waals surface area (Å²) in [7, 11) is 0. The molecule has 0 radical (unpaired) electrons. The van der Waals surface area contributed by atoms with E-state index < -0.39 is 0 Å². The summed E-state index contributed by atoms with van der Waals surface area (Å²) in [5.74, 6) is 1.00. The van der Waals surface area contributed by atoms with Crippen molar-refractivity contribution in [2.24, 2.45) is 0 Å². The molecule has 2 aromatic carbocycles. The number of hydrogen-bond acceptors (Lipinski definition) is 4. The maximum absolute atomic E-state index is 12.1. The molecule has 0 spiro atoms. The number of aromatic nitrogens is 2. The molecule has 5 nitrogen and oxygen atoms in total. The first-order chi connectivity index (χ1) is 11.6. The molecule has 0 bridgehead atoms. The predicted molar refractivity (Wildman–Crippen MR) is 92.6 cm³/mol. The van der Waals surface area contributed by atoms with Crippen molar-refractivity contribution in [1.82, 2.24) is 10.2 Å². The number of hydrogen-bond donors (Lipinski definition) is 1. The van der Waals surface area contributed by atoms with Crippen LogP contribution in [0.25, 0.3) is 11.5 Å². The van der Waals surface area contributed by atoms with E-state index in [1.54, 1.807) is 6.92 Å². The molecular formula is C19H19N3O2. The Morgan fingerprint density at radius 2 is 1.88 bits per heavy atom. The van der Waals surface area contributed by atoms with Crippen molar-refractivity contribution in [2.45, 2.75) is 26.7 Å². The number of aryl methyl sites for hydroxylation is 3. The molecule has 0 fully saturated rings. The molecule has 0 aliphatic rings. The fourth-order valence-corrected chi connectivity index (χ4v) is 2.46. The van der Waals surface area contributed by atoms with Crippen LogP contribution in [0.15, 0.2) is 52.9 Å². The summed E-state index contributed by atoms with van der Waals surface area (Å²) in [6.07, 6.45) is 1.18. The monoisotopic (exact) mass is 321 g/mol. The highest BCUT2D eigenvalue weighted by Gasteiger charge is 2.07. The van der Waals surface area contributed by atoms with E-state index in [0.29, 0.717) is 18.2 Å². The molecule has 0 aliphatic carbocycles. The average molecular weight is 321 g/mol. The predicted octanol–water partition coefficient (Wildman–Crippen LogP) is 3.92. The maximum Gasteiger partial charge on any atom is 0.247 e. The Hall–Kier alpha value is -2.95. The quantitative estimate of drug-likeness (QED) is 0.773. The van der Waals surface area contributed by atoms with Gasteiger partial charge in [0.15, 0.2) is 0 Å². The molecule has 0 unspecified atom stereocenters. The molecule has 122 valence electrons. The van der Waals surface area contributed by atoms with Gasteiger partial charge >= 0.3 is 0 Å². The Labute approximate surface area is 140 Å². The van der Waals surface area contributed by atoms with Gasteiger partial charge in [0.05, 0.1) is 0 Å². The van der Waals surface area contributed by atoms with E-state index in [1.165, 1.54) is 11.1 Å². The van der Waals surface area contributed by atoms with E-state index in [-0.39, 0.29) is 5.91 Å². The van der Waals surface area contributed by atoms with Crippen LogP contribution in [-0.4, -0.2) is 16.1 Å². The molecule has 24 heavy (non-hydrogen) atoms. The molecule has 0 atom stereocenters. The van der Waals surface area contributed by atoms with E-state index in [4.69, 9.17) is 4.42 Å². The third kappa shape index (κ3) is 4.07. The summed E-state index contributed by atoms with van der Waals surface area (Å²) in [5, 5.41) is 10.7. The van der Waals surface area contributed by atoms with Crippen LogP contribution in [0.5, 0.6) is 0 Å². The fourth-order valence-electron chi connectivity index (χ4n) is 2.46. The second-order valence-electron chi connectivity index (χ2n) is 5.74. The van der Waals surface area contributed by atoms with Crippen molar-refractivity contribution in [3.05, 3.63) is 65.5 Å². The van der Waals surface area contributed by atoms with Crippen LogP contribution in [0, 0.1) is 13.8 Å². The number of carbonyl (C=O) groups is 1. The zero-order valence-electron chi connectivity index (χ0n) is 13.7. The van der Waals surface area contributed by atoms with Gasteiger partial charge in [0, 0.05) is 24.6 Å². The first-order valence-corrected chi connectivity index (χ1v) is 7.86. The first kappa shape index (κ1) is 15.9. The van der Waals surface area contributed by atoms with Gasteiger partial charge in [0.2, 0.25) is 17.7 Å². The van der Waals surface area contributed by atoms with Gasteiger partial charge in [-0.1, -0.05) is 29.8 Å². The highest BCUT2D eigenvalue weighted by Crippen LogP contribution is 2.20. The highest BCUT2D eigenvalue weighted by molar-refractivity contribution is 5.91. The number of rotatable bonds is 5. The fraction of sp³-hybridized carbons (Fsp3) is 0.211. The topological polar surface area (TPSA) is 68.0 Å². The van der Waals surface area contributed by atoms with Crippen molar-refractivity contribution in [3.8, 4) is 11.5 Å². The van der Waals surface area contributed by atoms with Crippen LogP contribution >= 0.6 is 0 Å². The molecule has 1 N–H and O–H groups in total. The van der Waals surface area contributed by atoms with Gasteiger partial charge in [-0.3, -0.25) is 4.79 Å². The van der Waals surface area contributed by atoms with Gasteiger partial charge in [-0.25, -0.2) is 0 Å². The van der Waals surface area contributed by atoms with Gasteiger partial charge in [-0.05, 0) is 43.2 Å². The third-order valence-electron chi connectivity index (χ3n) is 3.66. The Bertz CT molecular complexity index is 838. The second-order valence-corrected chi connectivity index (χ2v) is 5.74. The van der Waals surface area contributed by atoms with Crippen LogP contribution in [-0.2, 0) is 11.2 Å². The van der Waals surface area contributed by atoms with Crippen LogP contribution < -0.4 is 5.32 Å². The lowest BCUT2D eigenvalue weighted by atomic mass is 10.1. The SMILES string of the molecule is Cc1cccc(CCC(=O)Nc2ccc(-c3nnc(C)o3)cc2)c1. The van der Waals surface area contributed by atoms with Gasteiger partial charge in [-0.15, -0.1) is 10.2 Å². The molecule has 5 heteroatoms. The normalized spacial score (nSPS) is 10.6. The van der Waals surface area contributed by atoms with Gasteiger partial charge in [0.1, 0.15) is 0 Å². The van der Waals surface area contributed by atoms with E-state index in [2.05, 4.69) is 34.6 Å². The zero-order valence-corrected chi connectivity index (χ0v) is 13.7. The Balaban J connectivity index is 1.56. The summed E-state index contributed by atoms with van der Waals surface area (Å²) >= 11 is 0. The van der Waals surface area contributed by atoms with Crippen LogP contribution in [0.4, 0.5) is 5.69 Å². The van der Waals surface area contributed by atoms with Gasteiger partial charge in [-0.2, -0.15) is 0 Å². The molecule has 3 rings (SSSR count). The summed E-state index contributed by atoms with van der Waals surface area (Å²) < 4.78 is 5.38. The lowest BCUT2D eigenvalue weighted by Gasteiger charge is -2.06. The van der Waals surface area contributed by atoms with Crippen molar-refractivity contribution in [2.75, 3.05) is 5.32 Å². The Morgan fingerprint density at radius 3 is 2.54 bits per heavy atom. The molecule has 1 aromatic heterocycles. The average Bonchev–Trinajstić information content (AvgIpc) is 3.00. The van der Waals surface area contributed by atoms with Crippen molar-refractivity contribution in [3.63, 3.8) is 0 Å². The molecule has 1 heterocycles. The van der Waals surface area contributed by atoms with E-state index >= 15 is 0 Å². The van der Waals surface area contributed by atoms with E-state index in [0.717, 1.165) is 17.7 Å². The number of benzene rings is 2. The highest BCUT2D eigenvalue weighted by atomic mass is 16.4. The summed E-state index contributed by atoms with van der Waals surface area (Å²) in [4.78, 5) is 12.1. The maximum atomic E-state index is 12.1. The molecule has 0 saturated heterocycles. The van der Waals surface area contributed by atoms with E-state index in [1.807, 2.05) is 36.4 Å². The number of anilines is 1. The minimum atomic E-state index is -0.00195. The number of nitrogens with one attached hydrogen (secondary N) is 1. The molecule has 0 aliphatic heterocycles. The third-order valence-corrected chi connectivity index (χ3v) is 3.66. The summed E-state index contributed by atoms with van der Waals surface area (Å²) in [6, 6.07) is 15.6. The van der Waals surface area contributed by atoms with Gasteiger partial charge in [0.25, 0.3) is 0 Å². The van der Waals surface area contributed by atoms with Crippen LogP contribution in [0.2, 0.25) is 0 Å². The standard InChI is InChI=1S/C19H19N3O2/c1-13-4-3-5-15(12-13)6-11-18(23)20-17-9-7-16(8-10-17)19-22-21-14(2)24-19/h3-5,7-10,12H,6,11H2,1-2H3,(H,20,23). The molecular weight excluding hydrogens is 302 g/mol. The summed E-state index contributed by atoms with van der Waals surface area (Å²) in [5.41, 5.74) is 3.96. The number of nitrogens with zero attached hydrogens (tertiary/aromatic N) is 2. The minimum absolute atomic E-state index is 0.00195. The Kier molecular flexibility index (Phi) is 4.70. The molecule has 0 saturated carbocycles. The minimum Gasteiger partial charge on any atom is -0.421 e. The first-order valence-electron chi connectivity index (χ1n) is 7.86. The van der Waals surface area contributed by atoms with E-state index in [9.17, 15) is 4.79 Å². The zero-order chi connectivity index (χ0) is 16.9. The van der Waals surface area contributed by atoms with Crippen molar-refractivity contribution < 1.29 is 9.21 Å². The van der Waals surface area contributed by atoms with Crippen LogP contribution in [0.1, 0.15) is 23.4 Å². The smallest absolute Gasteiger partial charge is 0.247 e. The number of carbonyl (C=O) groups excluding carboxylic acids is 1. The largest absolute Gasteiger partial charge is 0.421 e. The number of amides is 1. The summed E-state index contributed by atoms with van der Waals surface area (Å²) in [6.45, 7) is 3.80. The molecule has 3 aromatic rings. The Morgan fingerprint density at radius 1 is 1.08 bits per heavy atom. The van der Waals surface area contributed by atoms with Gasteiger partial charge < -0.3 is 9.73 Å². The van der Waals surface area contributed by atoms with Crippen LogP contribution in [0.3, 0.4) is 0 Å². The lowest BCUT2D eigenvalue weighted by Crippen LogP contribution is -2.12. The molecule has 1 amide bonds. The second kappa shape index (κ2) is 7.08.